The molecule has 2 saturated carbocycles. The molecule has 1 aromatic heterocycles. The first kappa shape index (κ1) is 24.7. The lowest BCUT2D eigenvalue weighted by molar-refractivity contribution is -0.137. The summed E-state index contributed by atoms with van der Waals surface area (Å²) in [6, 6.07) is 1.68. The molecule has 0 amide bonds. The number of anilines is 1. The molecule has 1 aromatic rings. The van der Waals surface area contributed by atoms with E-state index in [0.29, 0.717) is 18.7 Å². The van der Waals surface area contributed by atoms with Gasteiger partial charge in [-0.2, -0.15) is 17.5 Å². The van der Waals surface area contributed by atoms with Gasteiger partial charge in [0.1, 0.15) is 11.6 Å². The van der Waals surface area contributed by atoms with E-state index >= 15 is 0 Å². The summed E-state index contributed by atoms with van der Waals surface area (Å²) in [4.78, 5) is 18.7. The van der Waals surface area contributed by atoms with Crippen molar-refractivity contribution < 1.29 is 26.4 Å². The Bertz CT molecular complexity index is 1050. The number of nitrogens with zero attached hydrogens (tertiary/aromatic N) is 3. The van der Waals surface area contributed by atoms with Crippen LogP contribution in [0.15, 0.2) is 18.3 Å². The van der Waals surface area contributed by atoms with E-state index in [1.165, 1.54) is 10.4 Å². The molecule has 6 nitrogen and oxygen atoms in total. The molecule has 11 heteroatoms. The lowest BCUT2D eigenvalue weighted by Gasteiger charge is -2.44. The van der Waals surface area contributed by atoms with Crippen LogP contribution >= 0.6 is 11.6 Å². The number of ketones is 1. The molecule has 1 aliphatic heterocycles. The number of piperazine rings is 1. The van der Waals surface area contributed by atoms with E-state index in [-0.39, 0.29) is 42.5 Å². The summed E-state index contributed by atoms with van der Waals surface area (Å²) in [5, 5.41) is 0. The first-order valence-electron chi connectivity index (χ1n) is 11.0. The van der Waals surface area contributed by atoms with Gasteiger partial charge >= 0.3 is 6.18 Å². The Kier molecular flexibility index (Phi) is 5.85. The van der Waals surface area contributed by atoms with Crippen molar-refractivity contribution in [1.82, 2.24) is 9.29 Å². The summed E-state index contributed by atoms with van der Waals surface area (Å²) in [5.74, 6) is 0.165. The smallest absolute Gasteiger partial charge is 0.354 e. The number of hydrogen-bond acceptors (Lipinski definition) is 5. The molecule has 1 saturated heterocycles. The van der Waals surface area contributed by atoms with Crippen LogP contribution in [0.25, 0.3) is 0 Å². The van der Waals surface area contributed by atoms with E-state index in [9.17, 15) is 26.4 Å². The second-order valence-corrected chi connectivity index (χ2v) is 12.6. The molecule has 1 unspecified atom stereocenters. The van der Waals surface area contributed by atoms with Gasteiger partial charge in [-0.3, -0.25) is 4.79 Å². The summed E-state index contributed by atoms with van der Waals surface area (Å²) >= 11 is 6.15. The van der Waals surface area contributed by atoms with E-state index in [1.807, 2.05) is 13.8 Å². The van der Waals surface area contributed by atoms with Crippen molar-refractivity contribution in [2.24, 2.45) is 16.2 Å². The number of halogens is 4. The second-order valence-electron chi connectivity index (χ2n) is 10.4. The molecular weight excluding hydrogens is 479 g/mol. The van der Waals surface area contributed by atoms with Crippen LogP contribution < -0.4 is 4.90 Å². The van der Waals surface area contributed by atoms with Crippen LogP contribution in [0.1, 0.15) is 45.6 Å². The fraction of sp³-hybridized carbons (Fsp3) is 0.727. The van der Waals surface area contributed by atoms with Crippen LogP contribution in [-0.4, -0.2) is 60.8 Å². The highest BCUT2D eigenvalue weighted by Gasteiger charge is 2.71. The molecule has 2 aliphatic carbocycles. The van der Waals surface area contributed by atoms with E-state index < -0.39 is 38.6 Å². The molecule has 3 atom stereocenters. The fourth-order valence-corrected chi connectivity index (χ4v) is 8.78. The number of aromatic nitrogens is 1. The third kappa shape index (κ3) is 3.76. The van der Waals surface area contributed by atoms with Gasteiger partial charge in [-0.25, -0.2) is 13.4 Å². The molecule has 2 heterocycles. The lowest BCUT2D eigenvalue weighted by Crippen LogP contribution is -2.58. The van der Waals surface area contributed by atoms with E-state index in [2.05, 4.69) is 11.9 Å². The van der Waals surface area contributed by atoms with Crippen molar-refractivity contribution in [2.45, 2.75) is 52.3 Å². The minimum atomic E-state index is -4.47. The van der Waals surface area contributed by atoms with E-state index in [1.54, 1.807) is 4.90 Å². The Labute approximate surface area is 197 Å². The van der Waals surface area contributed by atoms with Gasteiger partial charge in [0.2, 0.25) is 10.0 Å². The van der Waals surface area contributed by atoms with Gasteiger partial charge in [0.05, 0.1) is 17.4 Å². The average Bonchev–Trinajstić information content (AvgIpc) is 3.01. The third-order valence-corrected chi connectivity index (χ3v) is 11.1. The Hall–Kier alpha value is -1.39. The van der Waals surface area contributed by atoms with Crippen molar-refractivity contribution in [3.8, 4) is 0 Å². The van der Waals surface area contributed by atoms with Gasteiger partial charge in [0, 0.05) is 43.5 Å². The number of rotatable bonds is 5. The van der Waals surface area contributed by atoms with Gasteiger partial charge in [-0.05, 0) is 35.8 Å². The van der Waals surface area contributed by atoms with Gasteiger partial charge in [0.25, 0.3) is 0 Å². The highest BCUT2D eigenvalue weighted by molar-refractivity contribution is 7.89. The third-order valence-electron chi connectivity index (χ3n) is 8.69. The monoisotopic (exact) mass is 507 g/mol. The van der Waals surface area contributed by atoms with Crippen molar-refractivity contribution in [2.75, 3.05) is 36.2 Å². The van der Waals surface area contributed by atoms with Crippen LogP contribution in [0.4, 0.5) is 19.0 Å². The predicted molar refractivity (Wildman–Crippen MR) is 120 cm³/mol. The molecule has 0 spiro atoms. The zero-order chi connectivity index (χ0) is 24.4. The van der Waals surface area contributed by atoms with Gasteiger partial charge in [0.15, 0.2) is 0 Å². The maximum atomic E-state index is 13.6. The van der Waals surface area contributed by atoms with Crippen molar-refractivity contribution >= 4 is 33.2 Å². The van der Waals surface area contributed by atoms with E-state index in [4.69, 9.17) is 11.6 Å². The zero-order valence-electron chi connectivity index (χ0n) is 19.0. The molecule has 3 aliphatic rings. The summed E-state index contributed by atoms with van der Waals surface area (Å²) in [6.07, 6.45) is -1.90. The molecule has 2 bridgehead atoms. The average molecular weight is 508 g/mol. The fourth-order valence-electron chi connectivity index (χ4n) is 6.02. The number of carbonyl (C=O) groups is 1. The van der Waals surface area contributed by atoms with Gasteiger partial charge in [-0.1, -0.05) is 20.8 Å². The molecular formula is C22H29ClF3N3O3S. The highest BCUT2D eigenvalue weighted by atomic mass is 35.5. The Morgan fingerprint density at radius 3 is 2.36 bits per heavy atom. The van der Waals surface area contributed by atoms with E-state index in [0.717, 1.165) is 18.7 Å². The highest BCUT2D eigenvalue weighted by Crippen LogP contribution is 2.70. The van der Waals surface area contributed by atoms with Gasteiger partial charge < -0.3 is 4.90 Å². The second kappa shape index (κ2) is 7.81. The SMILES string of the molecule is CC1(C)[C@]2(C)CC[C@@]1(CS(=O)(=O)N1CCN(c3ccc(C(F)(F)F)cn3)CC1CCl)C(=O)C2. The van der Waals surface area contributed by atoms with Crippen molar-refractivity contribution in [3.63, 3.8) is 0 Å². The minimum Gasteiger partial charge on any atom is -0.354 e. The number of hydrogen-bond donors (Lipinski definition) is 0. The van der Waals surface area contributed by atoms with Crippen LogP contribution in [0.3, 0.4) is 0 Å². The molecule has 184 valence electrons. The quantitative estimate of drug-likeness (QED) is 0.564. The number of alkyl halides is 4. The Balaban J connectivity index is 1.53. The number of sulfonamides is 1. The standard InChI is InChI=1S/C22H29ClF3N3O3S/c1-19(2)20(3)6-7-21(19,17(30)10-20)14-33(31,32)29-9-8-28(13-16(29)11-23)18-5-4-15(12-27-18)22(24,25)26/h4-5,12,16H,6-11,13-14H2,1-3H3/t16?,20-,21-/m1/s1. The van der Waals surface area contributed by atoms with Crippen molar-refractivity contribution in [3.05, 3.63) is 23.9 Å². The van der Waals surface area contributed by atoms with Crippen LogP contribution in [0.5, 0.6) is 0 Å². The number of carbonyl (C=O) groups excluding carboxylic acids is 1. The van der Waals surface area contributed by atoms with Crippen LogP contribution in [0, 0.1) is 16.2 Å². The number of pyridine rings is 1. The zero-order valence-corrected chi connectivity index (χ0v) is 20.5. The van der Waals surface area contributed by atoms with Crippen LogP contribution in [0.2, 0.25) is 0 Å². The lowest BCUT2D eigenvalue weighted by atomic mass is 9.66. The predicted octanol–water partition coefficient (Wildman–Crippen LogP) is 3.95. The Morgan fingerprint density at radius 1 is 1.18 bits per heavy atom. The molecule has 4 rings (SSSR count). The molecule has 0 N–H and O–H groups in total. The summed E-state index contributed by atoms with van der Waals surface area (Å²) < 4.78 is 67.0. The number of Topliss-reactive ketones (excluding diaryl/α,β-unsaturated/α-hetero) is 1. The summed E-state index contributed by atoms with van der Waals surface area (Å²) in [5.41, 5.74) is -2.36. The maximum Gasteiger partial charge on any atom is 0.417 e. The Morgan fingerprint density at radius 2 is 1.88 bits per heavy atom. The van der Waals surface area contributed by atoms with Gasteiger partial charge in [-0.15, -0.1) is 11.6 Å². The molecule has 3 fully saturated rings. The molecule has 33 heavy (non-hydrogen) atoms. The molecule has 0 aromatic carbocycles. The topological polar surface area (TPSA) is 70.6 Å². The minimum absolute atomic E-state index is 0.0262. The summed E-state index contributed by atoms with van der Waals surface area (Å²) in [7, 11) is -3.80. The number of fused-ring (bicyclic) bond motifs is 2. The van der Waals surface area contributed by atoms with Crippen molar-refractivity contribution in [1.29, 1.82) is 0 Å². The summed E-state index contributed by atoms with van der Waals surface area (Å²) in [6.45, 7) is 6.70. The first-order chi connectivity index (χ1) is 15.2. The molecule has 0 radical (unpaired) electrons. The normalized spacial score (nSPS) is 32.5. The van der Waals surface area contributed by atoms with Crippen LogP contribution in [-0.2, 0) is 21.0 Å². The maximum absolute atomic E-state index is 13.6. The largest absolute Gasteiger partial charge is 0.417 e. The first-order valence-corrected chi connectivity index (χ1v) is 13.2.